The Balaban J connectivity index is 1.65. The third kappa shape index (κ3) is 3.20. The van der Waals surface area contributed by atoms with Crippen LogP contribution in [0.3, 0.4) is 0 Å². The first-order valence-corrected chi connectivity index (χ1v) is 8.87. The minimum Gasteiger partial charge on any atom is -0.361 e. The predicted octanol–water partition coefficient (Wildman–Crippen LogP) is 3.86. The summed E-state index contributed by atoms with van der Waals surface area (Å²) in [7, 11) is 0. The van der Waals surface area contributed by atoms with Crippen LogP contribution >= 0.6 is 0 Å². The van der Waals surface area contributed by atoms with Crippen molar-refractivity contribution in [3.8, 4) is 11.4 Å². The Kier molecular flexibility index (Phi) is 4.43. The molecular formula is C20H19FN4O2. The van der Waals surface area contributed by atoms with Crippen LogP contribution in [0.1, 0.15) is 46.4 Å². The zero-order valence-electron chi connectivity index (χ0n) is 15.1. The molecule has 0 N–H and O–H groups in total. The second-order valence-corrected chi connectivity index (χ2v) is 6.67. The maximum atomic E-state index is 13.2. The number of nitrogens with zero attached hydrogens (tertiary/aromatic N) is 4. The highest BCUT2D eigenvalue weighted by atomic mass is 19.1. The molecule has 27 heavy (non-hydrogen) atoms. The zero-order chi connectivity index (χ0) is 19.0. The Bertz CT molecular complexity index is 964. The van der Waals surface area contributed by atoms with Gasteiger partial charge in [0.2, 0.25) is 0 Å². The Labute approximate surface area is 156 Å². The average Bonchev–Trinajstić information content (AvgIpc) is 3.29. The van der Waals surface area contributed by atoms with Crippen molar-refractivity contribution in [2.45, 2.75) is 32.7 Å². The van der Waals surface area contributed by atoms with Crippen LogP contribution in [0.5, 0.6) is 0 Å². The Morgan fingerprint density at radius 2 is 2.00 bits per heavy atom. The van der Waals surface area contributed by atoms with E-state index >= 15 is 0 Å². The first-order chi connectivity index (χ1) is 13.0. The summed E-state index contributed by atoms with van der Waals surface area (Å²) in [5.41, 5.74) is 2.78. The molecule has 1 fully saturated rings. The molecule has 1 amide bonds. The quantitative estimate of drug-likeness (QED) is 0.704. The number of benzene rings is 1. The highest BCUT2D eigenvalue weighted by molar-refractivity contribution is 5.94. The standard InChI is InChI=1S/C20H19FN4O2/c1-12-18(13(2)27-24-12)19-22-10-9-16(23-19)17-4-3-11-25(17)20(26)14-5-7-15(21)8-6-14/h5-10,17H,3-4,11H2,1-2H3. The number of amides is 1. The lowest BCUT2D eigenvalue weighted by Crippen LogP contribution is -2.31. The number of hydrogen-bond acceptors (Lipinski definition) is 5. The van der Waals surface area contributed by atoms with E-state index in [2.05, 4.69) is 10.1 Å². The molecule has 0 spiro atoms. The first kappa shape index (κ1) is 17.3. The summed E-state index contributed by atoms with van der Waals surface area (Å²) in [5.74, 6) is 0.736. The molecule has 2 aromatic heterocycles. The van der Waals surface area contributed by atoms with E-state index in [1.807, 2.05) is 19.9 Å². The SMILES string of the molecule is Cc1noc(C)c1-c1nccc(C2CCCN2C(=O)c2ccc(F)cc2)n1. The van der Waals surface area contributed by atoms with Crippen LogP contribution < -0.4 is 0 Å². The highest BCUT2D eigenvalue weighted by Crippen LogP contribution is 2.33. The van der Waals surface area contributed by atoms with Crippen LogP contribution in [0.25, 0.3) is 11.4 Å². The van der Waals surface area contributed by atoms with E-state index in [4.69, 9.17) is 9.51 Å². The molecule has 3 heterocycles. The number of hydrogen-bond donors (Lipinski definition) is 0. The van der Waals surface area contributed by atoms with Crippen LogP contribution in [0.4, 0.5) is 4.39 Å². The van der Waals surface area contributed by atoms with E-state index in [9.17, 15) is 9.18 Å². The molecule has 138 valence electrons. The second-order valence-electron chi connectivity index (χ2n) is 6.67. The molecule has 0 bridgehead atoms. The normalized spacial score (nSPS) is 16.7. The Hall–Kier alpha value is -3.09. The molecule has 0 saturated carbocycles. The van der Waals surface area contributed by atoms with Gasteiger partial charge < -0.3 is 9.42 Å². The lowest BCUT2D eigenvalue weighted by atomic mass is 10.1. The predicted molar refractivity (Wildman–Crippen MR) is 96.4 cm³/mol. The molecule has 1 atom stereocenters. The van der Waals surface area contributed by atoms with E-state index < -0.39 is 0 Å². The Morgan fingerprint density at radius 1 is 1.22 bits per heavy atom. The maximum Gasteiger partial charge on any atom is 0.254 e. The molecule has 4 rings (SSSR count). The lowest BCUT2D eigenvalue weighted by Gasteiger charge is -2.24. The average molecular weight is 366 g/mol. The van der Waals surface area contributed by atoms with Crippen molar-refractivity contribution >= 4 is 5.91 Å². The van der Waals surface area contributed by atoms with Gasteiger partial charge in [0.25, 0.3) is 5.91 Å². The van der Waals surface area contributed by atoms with Gasteiger partial charge in [0.1, 0.15) is 11.6 Å². The molecule has 0 aliphatic carbocycles. The van der Waals surface area contributed by atoms with Crippen molar-refractivity contribution in [1.82, 2.24) is 20.0 Å². The molecule has 1 aliphatic rings. The first-order valence-electron chi connectivity index (χ1n) is 8.87. The Morgan fingerprint density at radius 3 is 2.70 bits per heavy atom. The van der Waals surface area contributed by atoms with Crippen molar-refractivity contribution in [3.63, 3.8) is 0 Å². The molecule has 6 nitrogen and oxygen atoms in total. The highest BCUT2D eigenvalue weighted by Gasteiger charge is 2.32. The smallest absolute Gasteiger partial charge is 0.254 e. The van der Waals surface area contributed by atoms with Gasteiger partial charge in [-0.2, -0.15) is 0 Å². The van der Waals surface area contributed by atoms with Gasteiger partial charge >= 0.3 is 0 Å². The fourth-order valence-electron chi connectivity index (χ4n) is 3.56. The summed E-state index contributed by atoms with van der Waals surface area (Å²) in [6.45, 7) is 4.32. The zero-order valence-corrected chi connectivity index (χ0v) is 15.1. The number of carbonyl (C=O) groups excluding carboxylic acids is 1. The molecule has 1 saturated heterocycles. The molecule has 1 aliphatic heterocycles. The second kappa shape index (κ2) is 6.90. The van der Waals surface area contributed by atoms with Crippen molar-refractivity contribution in [3.05, 3.63) is 65.1 Å². The van der Waals surface area contributed by atoms with Gasteiger partial charge in [-0.3, -0.25) is 4.79 Å². The van der Waals surface area contributed by atoms with Crippen LogP contribution in [0, 0.1) is 19.7 Å². The lowest BCUT2D eigenvalue weighted by molar-refractivity contribution is 0.0733. The molecular weight excluding hydrogens is 347 g/mol. The van der Waals surface area contributed by atoms with E-state index in [-0.39, 0.29) is 17.8 Å². The third-order valence-electron chi connectivity index (χ3n) is 4.88. The third-order valence-corrected chi connectivity index (χ3v) is 4.88. The minimum atomic E-state index is -0.357. The van der Waals surface area contributed by atoms with Crippen LogP contribution in [-0.2, 0) is 0 Å². The fourth-order valence-corrected chi connectivity index (χ4v) is 3.56. The molecule has 3 aromatic rings. The van der Waals surface area contributed by atoms with Crippen LogP contribution in [0.15, 0.2) is 41.1 Å². The van der Waals surface area contributed by atoms with Gasteiger partial charge in [-0.1, -0.05) is 5.16 Å². The van der Waals surface area contributed by atoms with Crippen LogP contribution in [0.2, 0.25) is 0 Å². The summed E-state index contributed by atoms with van der Waals surface area (Å²) in [6.07, 6.45) is 3.41. The summed E-state index contributed by atoms with van der Waals surface area (Å²) in [5, 5.41) is 3.96. The van der Waals surface area contributed by atoms with Crippen molar-refractivity contribution < 1.29 is 13.7 Å². The summed E-state index contributed by atoms with van der Waals surface area (Å²) in [6, 6.07) is 7.34. The number of aromatic nitrogens is 3. The topological polar surface area (TPSA) is 72.1 Å². The maximum absolute atomic E-state index is 13.2. The number of rotatable bonds is 3. The van der Waals surface area contributed by atoms with Gasteiger partial charge in [-0.25, -0.2) is 14.4 Å². The summed E-state index contributed by atoms with van der Waals surface area (Å²) in [4.78, 5) is 23.7. The van der Waals surface area contributed by atoms with Gasteiger partial charge in [0, 0.05) is 18.3 Å². The van der Waals surface area contributed by atoms with Gasteiger partial charge in [-0.15, -0.1) is 0 Å². The van der Waals surface area contributed by atoms with Gasteiger partial charge in [0.05, 0.1) is 23.0 Å². The van der Waals surface area contributed by atoms with Crippen molar-refractivity contribution in [2.24, 2.45) is 0 Å². The van der Waals surface area contributed by atoms with Gasteiger partial charge in [0.15, 0.2) is 5.82 Å². The minimum absolute atomic E-state index is 0.116. The van der Waals surface area contributed by atoms with Gasteiger partial charge in [-0.05, 0) is 57.0 Å². The van der Waals surface area contributed by atoms with E-state index in [1.165, 1.54) is 24.3 Å². The fraction of sp³-hybridized carbons (Fsp3) is 0.300. The molecule has 0 radical (unpaired) electrons. The van der Waals surface area contributed by atoms with Crippen molar-refractivity contribution in [1.29, 1.82) is 0 Å². The molecule has 7 heteroatoms. The van der Waals surface area contributed by atoms with E-state index in [0.29, 0.717) is 23.7 Å². The molecule has 1 aromatic carbocycles. The van der Waals surface area contributed by atoms with E-state index in [0.717, 1.165) is 29.8 Å². The number of halogens is 1. The van der Waals surface area contributed by atoms with Crippen LogP contribution in [-0.4, -0.2) is 32.5 Å². The number of likely N-dealkylation sites (tertiary alicyclic amines) is 1. The van der Waals surface area contributed by atoms with Crippen molar-refractivity contribution in [2.75, 3.05) is 6.54 Å². The summed E-state index contributed by atoms with van der Waals surface area (Å²) < 4.78 is 18.4. The number of carbonyl (C=O) groups is 1. The monoisotopic (exact) mass is 366 g/mol. The number of aryl methyl sites for hydroxylation is 2. The largest absolute Gasteiger partial charge is 0.361 e. The summed E-state index contributed by atoms with van der Waals surface area (Å²) >= 11 is 0. The molecule has 1 unspecified atom stereocenters. The van der Waals surface area contributed by atoms with E-state index in [1.54, 1.807) is 11.1 Å².